The van der Waals surface area contributed by atoms with E-state index in [2.05, 4.69) is 68.9 Å². The quantitative estimate of drug-likeness (QED) is 0.366. The van der Waals surface area contributed by atoms with E-state index in [4.69, 9.17) is 5.26 Å². The molecule has 92 valence electrons. The fraction of sp³-hybridized carbons (Fsp3) is 0.500. The predicted octanol–water partition coefficient (Wildman–Crippen LogP) is 4.10. The van der Waals surface area contributed by atoms with Gasteiger partial charge in [-0.2, -0.15) is 0 Å². The summed E-state index contributed by atoms with van der Waals surface area (Å²) in [5.41, 5.74) is 0. The fourth-order valence-corrected chi connectivity index (χ4v) is 11.2. The Hall–Kier alpha value is 0.239. The van der Waals surface area contributed by atoms with Crippen LogP contribution in [0.4, 0.5) is 0 Å². The van der Waals surface area contributed by atoms with E-state index in [9.17, 15) is 0 Å². The van der Waals surface area contributed by atoms with Crippen LogP contribution in [0.2, 0.25) is 14.3 Å². The summed E-state index contributed by atoms with van der Waals surface area (Å²) in [6.07, 6.45) is 3.03. The average molecular weight is 448 g/mol. The number of benzene rings is 1. The zero-order valence-corrected chi connectivity index (χ0v) is 15.6. The third-order valence-electron chi connectivity index (χ3n) is 3.21. The number of rotatable bonds is 6. The third-order valence-corrected chi connectivity index (χ3v) is 14.3. The molecule has 0 radical (unpaired) electrons. The van der Waals surface area contributed by atoms with Crippen LogP contribution in [-0.4, -0.2) is 22.3 Å². The number of alkyl halides is 1. The molecule has 0 saturated heterocycles. The molecule has 1 nitrogen and oxygen atoms in total. The van der Waals surface area contributed by atoms with Crippen molar-refractivity contribution in [2.45, 2.75) is 37.5 Å². The van der Waals surface area contributed by atoms with Crippen molar-refractivity contribution < 1.29 is 0 Å². The van der Waals surface area contributed by atoms with Crippen molar-refractivity contribution >= 4 is 44.5 Å². The molecule has 0 N–H and O–H groups in total. The van der Waals surface area contributed by atoms with Crippen LogP contribution >= 0.6 is 22.6 Å². The van der Waals surface area contributed by atoms with E-state index in [0.717, 1.165) is 6.42 Å². The van der Waals surface area contributed by atoms with Crippen LogP contribution in [0.15, 0.2) is 30.3 Å². The van der Waals surface area contributed by atoms with Crippen LogP contribution < -0.4 is 3.58 Å². The van der Waals surface area contributed by atoms with Gasteiger partial charge in [-0.15, -0.1) is 0 Å². The van der Waals surface area contributed by atoms with Crippen LogP contribution in [0.25, 0.3) is 0 Å². The minimum atomic E-state index is -2.04. The molecule has 0 bridgehead atoms. The van der Waals surface area contributed by atoms with E-state index >= 15 is 0 Å². The second-order valence-corrected chi connectivity index (χ2v) is 20.7. The monoisotopic (exact) mass is 449 g/mol. The summed E-state index contributed by atoms with van der Waals surface area (Å²) in [5.74, 6) is 0. The van der Waals surface area contributed by atoms with Gasteiger partial charge in [0.2, 0.25) is 0 Å². The molecule has 0 aliphatic carbocycles. The summed E-state index contributed by atoms with van der Waals surface area (Å²) < 4.78 is 3.68. The van der Waals surface area contributed by atoms with E-state index in [0.29, 0.717) is 10.3 Å². The molecule has 1 rings (SSSR count). The summed E-state index contributed by atoms with van der Waals surface area (Å²) in [5, 5.41) is 8.58. The zero-order valence-electron chi connectivity index (χ0n) is 10.6. The van der Waals surface area contributed by atoms with Gasteiger partial charge in [0.05, 0.1) is 0 Å². The van der Waals surface area contributed by atoms with Crippen molar-refractivity contribution in [1.82, 2.24) is 0 Å². The molecule has 1 unspecified atom stereocenters. The number of hydrogen-bond acceptors (Lipinski definition) is 1. The topological polar surface area (TPSA) is 23.8 Å². The SMILES string of the molecule is [CH3][Sn]([CH3])([CH2]CC(I)CCC#N)[c]1ccccc1. The number of halogens is 1. The van der Waals surface area contributed by atoms with Crippen molar-refractivity contribution in [1.29, 1.82) is 5.26 Å². The molecule has 17 heavy (non-hydrogen) atoms. The van der Waals surface area contributed by atoms with Gasteiger partial charge in [-0.1, -0.05) is 0 Å². The molecule has 1 aromatic carbocycles. The molecule has 0 aliphatic rings. The molecule has 0 amide bonds. The van der Waals surface area contributed by atoms with E-state index in [1.54, 1.807) is 3.58 Å². The predicted molar refractivity (Wildman–Crippen MR) is 85.6 cm³/mol. The van der Waals surface area contributed by atoms with Gasteiger partial charge in [-0.25, -0.2) is 0 Å². The average Bonchev–Trinajstić information content (AvgIpc) is 2.35. The van der Waals surface area contributed by atoms with E-state index < -0.39 is 18.4 Å². The number of nitrogens with zero attached hydrogens (tertiary/aromatic N) is 1. The molecular formula is C14H20INSn. The molecule has 1 aromatic rings. The Bertz CT molecular complexity index is 370. The van der Waals surface area contributed by atoms with Crippen molar-refractivity contribution in [2.75, 3.05) is 0 Å². The van der Waals surface area contributed by atoms with Gasteiger partial charge in [0.15, 0.2) is 0 Å². The molecule has 0 spiro atoms. The Morgan fingerprint density at radius 3 is 2.47 bits per heavy atom. The first-order valence-corrected chi connectivity index (χ1v) is 16.5. The fourth-order valence-electron chi connectivity index (χ4n) is 1.92. The summed E-state index contributed by atoms with van der Waals surface area (Å²) in [6, 6.07) is 13.3. The first-order chi connectivity index (χ1) is 8.06. The van der Waals surface area contributed by atoms with Crippen LogP contribution in [0.5, 0.6) is 0 Å². The molecular weight excluding hydrogens is 428 g/mol. The first-order valence-electron chi connectivity index (χ1n) is 6.13. The van der Waals surface area contributed by atoms with Crippen molar-refractivity contribution in [2.24, 2.45) is 0 Å². The first kappa shape index (κ1) is 15.3. The van der Waals surface area contributed by atoms with Crippen molar-refractivity contribution in [3.63, 3.8) is 0 Å². The second-order valence-electron chi connectivity index (χ2n) is 5.08. The Morgan fingerprint density at radius 1 is 1.24 bits per heavy atom. The maximum absolute atomic E-state index is 8.58. The Kier molecular flexibility index (Phi) is 6.86. The van der Waals surface area contributed by atoms with Crippen LogP contribution in [-0.2, 0) is 0 Å². The summed E-state index contributed by atoms with van der Waals surface area (Å²) in [6.45, 7) is 0. The maximum atomic E-state index is 8.58. The molecule has 3 heteroatoms. The molecule has 0 heterocycles. The second kappa shape index (κ2) is 7.62. The van der Waals surface area contributed by atoms with Gasteiger partial charge in [0.1, 0.15) is 0 Å². The Morgan fingerprint density at radius 2 is 1.88 bits per heavy atom. The number of nitriles is 1. The van der Waals surface area contributed by atoms with Crippen LogP contribution in [0, 0.1) is 11.3 Å². The van der Waals surface area contributed by atoms with Gasteiger partial charge in [-0.3, -0.25) is 0 Å². The Labute approximate surface area is 123 Å². The van der Waals surface area contributed by atoms with E-state index in [-0.39, 0.29) is 0 Å². The van der Waals surface area contributed by atoms with Gasteiger partial charge in [0.25, 0.3) is 0 Å². The zero-order chi connectivity index (χ0) is 12.7. The van der Waals surface area contributed by atoms with Gasteiger partial charge < -0.3 is 0 Å². The normalized spacial score (nSPS) is 13.1. The summed E-state index contributed by atoms with van der Waals surface area (Å²) >= 11 is 0.468. The number of hydrogen-bond donors (Lipinski definition) is 0. The summed E-state index contributed by atoms with van der Waals surface area (Å²) in [4.78, 5) is 5.02. The summed E-state index contributed by atoms with van der Waals surface area (Å²) in [7, 11) is 0. The van der Waals surface area contributed by atoms with Gasteiger partial charge in [-0.05, 0) is 0 Å². The van der Waals surface area contributed by atoms with Gasteiger partial charge in [0, 0.05) is 0 Å². The minimum absolute atomic E-state index is 0.673. The third kappa shape index (κ3) is 5.60. The van der Waals surface area contributed by atoms with Crippen molar-refractivity contribution in [3.8, 4) is 6.07 Å². The molecule has 0 saturated carbocycles. The Balaban J connectivity index is 2.48. The van der Waals surface area contributed by atoms with Crippen molar-refractivity contribution in [3.05, 3.63) is 30.3 Å². The van der Waals surface area contributed by atoms with E-state index in [1.807, 2.05) is 0 Å². The van der Waals surface area contributed by atoms with Crippen LogP contribution in [0.1, 0.15) is 19.3 Å². The van der Waals surface area contributed by atoms with Crippen LogP contribution in [0.3, 0.4) is 0 Å². The van der Waals surface area contributed by atoms with E-state index in [1.165, 1.54) is 10.9 Å². The standard InChI is InChI=1S/C6H9IN.C6H5.2CH3.Sn/c1-2-6(7)4-3-5-8;1-2-4-6-5-3-1;;;/h6H,1-4H2;1-5H;2*1H3;. The molecule has 0 fully saturated rings. The van der Waals surface area contributed by atoms with Gasteiger partial charge >= 0.3 is 124 Å². The molecule has 1 atom stereocenters. The molecule has 0 aromatic heterocycles. The molecule has 0 aliphatic heterocycles.